The molecular weight excluding hydrogens is 334 g/mol. The van der Waals surface area contributed by atoms with E-state index in [1.807, 2.05) is 36.4 Å². The molecule has 1 heterocycles. The predicted molar refractivity (Wildman–Crippen MR) is 101 cm³/mol. The van der Waals surface area contributed by atoms with Gasteiger partial charge in [0.2, 0.25) is 5.91 Å². The minimum atomic E-state index is -0.938. The highest BCUT2D eigenvalue weighted by Gasteiger charge is 2.34. The number of aliphatic carboxylic acids is 1. The van der Waals surface area contributed by atoms with Crippen molar-refractivity contribution in [2.24, 2.45) is 5.73 Å². The zero-order chi connectivity index (χ0) is 19.3. The first-order valence-electron chi connectivity index (χ1n) is 8.46. The topological polar surface area (TPSA) is 119 Å². The Kier molecular flexibility index (Phi) is 6.41. The van der Waals surface area contributed by atoms with Gasteiger partial charge in [0.05, 0.1) is 13.2 Å². The standard InChI is InChI=1S/C11H11NO.C8H14N2O3/c1-13-11-7-9(12)6-8-4-2-3-5-10(8)11;1-5(9)7(11)10-4-2-3-6(10)8(12)13/h2-7H,12H2,1H3;5-6H,2-4,9H2,1H3,(H,12,13)/t;5-,6-/m.0/s1. The first-order chi connectivity index (χ1) is 12.3. The summed E-state index contributed by atoms with van der Waals surface area (Å²) in [5, 5.41) is 11.0. The lowest BCUT2D eigenvalue weighted by Crippen LogP contribution is -2.47. The monoisotopic (exact) mass is 359 g/mol. The number of likely N-dealkylation sites (tertiary alicyclic amines) is 1. The van der Waals surface area contributed by atoms with Crippen LogP contribution in [0.1, 0.15) is 19.8 Å². The molecule has 1 aliphatic heterocycles. The van der Waals surface area contributed by atoms with E-state index in [9.17, 15) is 9.59 Å². The van der Waals surface area contributed by atoms with E-state index in [0.717, 1.165) is 28.6 Å². The smallest absolute Gasteiger partial charge is 0.326 e. The second-order valence-electron chi connectivity index (χ2n) is 6.26. The zero-order valence-electron chi connectivity index (χ0n) is 15.0. The zero-order valence-corrected chi connectivity index (χ0v) is 15.0. The van der Waals surface area contributed by atoms with Crippen LogP contribution in [0.4, 0.5) is 5.69 Å². The third-order valence-corrected chi connectivity index (χ3v) is 4.28. The molecule has 0 spiro atoms. The molecule has 0 bridgehead atoms. The lowest BCUT2D eigenvalue weighted by molar-refractivity contribution is -0.148. The van der Waals surface area contributed by atoms with E-state index in [1.54, 1.807) is 14.0 Å². The quantitative estimate of drug-likeness (QED) is 0.720. The van der Waals surface area contributed by atoms with Crippen molar-refractivity contribution < 1.29 is 19.4 Å². The van der Waals surface area contributed by atoms with Gasteiger partial charge in [-0.1, -0.05) is 24.3 Å². The Bertz CT molecular complexity index is 791. The summed E-state index contributed by atoms with van der Waals surface area (Å²) < 4.78 is 5.23. The highest BCUT2D eigenvalue weighted by atomic mass is 16.5. The Morgan fingerprint density at radius 3 is 2.62 bits per heavy atom. The molecule has 2 aromatic carbocycles. The van der Waals surface area contributed by atoms with Gasteiger partial charge >= 0.3 is 5.97 Å². The van der Waals surface area contributed by atoms with Crippen molar-refractivity contribution >= 4 is 28.3 Å². The van der Waals surface area contributed by atoms with Crippen LogP contribution in [0.25, 0.3) is 10.8 Å². The van der Waals surface area contributed by atoms with Crippen molar-refractivity contribution in [3.05, 3.63) is 36.4 Å². The number of carboxylic acid groups (broad SMARTS) is 1. The maximum Gasteiger partial charge on any atom is 0.326 e. The van der Waals surface area contributed by atoms with Crippen LogP contribution in [0.5, 0.6) is 5.75 Å². The Morgan fingerprint density at radius 1 is 1.31 bits per heavy atom. The lowest BCUT2D eigenvalue weighted by Gasteiger charge is -2.22. The van der Waals surface area contributed by atoms with Crippen molar-refractivity contribution in [2.45, 2.75) is 31.8 Å². The summed E-state index contributed by atoms with van der Waals surface area (Å²) in [6.45, 7) is 2.08. The summed E-state index contributed by atoms with van der Waals surface area (Å²) in [6, 6.07) is 10.5. The summed E-state index contributed by atoms with van der Waals surface area (Å²) in [7, 11) is 1.65. The van der Waals surface area contributed by atoms with Crippen LogP contribution < -0.4 is 16.2 Å². The van der Waals surface area contributed by atoms with Crippen LogP contribution in [0, 0.1) is 0 Å². The number of benzene rings is 2. The van der Waals surface area contributed by atoms with Crippen molar-refractivity contribution in [1.82, 2.24) is 4.90 Å². The van der Waals surface area contributed by atoms with Gasteiger partial charge in [-0.25, -0.2) is 4.79 Å². The molecule has 1 aliphatic rings. The van der Waals surface area contributed by atoms with Gasteiger partial charge < -0.3 is 26.2 Å². The third-order valence-electron chi connectivity index (χ3n) is 4.28. The molecule has 7 heteroatoms. The number of nitrogens with zero attached hydrogens (tertiary/aromatic N) is 1. The average molecular weight is 359 g/mol. The second-order valence-corrected chi connectivity index (χ2v) is 6.26. The molecule has 0 aromatic heterocycles. The molecule has 1 saturated heterocycles. The SMILES string of the molecule is COc1cc(N)cc2ccccc12.C[C@H](N)C(=O)N1CCC[C@H]1C(=O)O. The van der Waals surface area contributed by atoms with Crippen molar-refractivity contribution in [2.75, 3.05) is 19.4 Å². The number of ether oxygens (including phenoxy) is 1. The van der Waals surface area contributed by atoms with Crippen LogP contribution in [-0.4, -0.2) is 47.6 Å². The lowest BCUT2D eigenvalue weighted by atomic mass is 10.1. The van der Waals surface area contributed by atoms with Gasteiger partial charge in [0.1, 0.15) is 11.8 Å². The van der Waals surface area contributed by atoms with E-state index in [0.29, 0.717) is 13.0 Å². The average Bonchev–Trinajstić information content (AvgIpc) is 3.10. The van der Waals surface area contributed by atoms with E-state index in [2.05, 4.69) is 0 Å². The van der Waals surface area contributed by atoms with E-state index < -0.39 is 18.1 Å². The number of carbonyl (C=O) groups excluding carboxylic acids is 1. The maximum absolute atomic E-state index is 11.4. The molecule has 1 amide bonds. The van der Waals surface area contributed by atoms with Gasteiger partial charge in [0.25, 0.3) is 0 Å². The number of methoxy groups -OCH3 is 1. The van der Waals surface area contributed by atoms with Gasteiger partial charge in [0, 0.05) is 23.7 Å². The molecule has 2 aromatic rings. The molecule has 2 atom stereocenters. The van der Waals surface area contributed by atoms with E-state index >= 15 is 0 Å². The van der Waals surface area contributed by atoms with Crippen LogP contribution >= 0.6 is 0 Å². The summed E-state index contributed by atoms with van der Waals surface area (Å²) in [5.41, 5.74) is 11.8. The molecule has 0 saturated carbocycles. The molecule has 0 unspecified atom stereocenters. The Balaban J connectivity index is 0.000000187. The number of carboxylic acids is 1. The Labute approximate surface area is 152 Å². The van der Waals surface area contributed by atoms with Gasteiger partial charge in [0.15, 0.2) is 0 Å². The van der Waals surface area contributed by atoms with Gasteiger partial charge in [-0.15, -0.1) is 0 Å². The number of rotatable bonds is 3. The van der Waals surface area contributed by atoms with Crippen molar-refractivity contribution in [3.8, 4) is 5.75 Å². The number of nitrogen functional groups attached to an aromatic ring is 1. The highest BCUT2D eigenvalue weighted by molar-refractivity contribution is 5.91. The fraction of sp³-hybridized carbons (Fsp3) is 0.368. The maximum atomic E-state index is 11.4. The molecule has 5 N–H and O–H groups in total. The van der Waals surface area contributed by atoms with E-state index in [4.69, 9.17) is 21.3 Å². The largest absolute Gasteiger partial charge is 0.496 e. The first kappa shape index (κ1) is 19.5. The predicted octanol–water partition coefficient (Wildman–Crippen LogP) is 1.84. The molecule has 0 radical (unpaired) electrons. The molecule has 140 valence electrons. The fourth-order valence-electron chi connectivity index (χ4n) is 3.02. The minimum absolute atomic E-state index is 0.273. The van der Waals surface area contributed by atoms with Crippen LogP contribution in [0.3, 0.4) is 0 Å². The van der Waals surface area contributed by atoms with Crippen LogP contribution in [-0.2, 0) is 9.59 Å². The molecular formula is C19H25N3O4. The van der Waals surface area contributed by atoms with E-state index in [1.165, 1.54) is 4.90 Å². The number of hydrogen-bond donors (Lipinski definition) is 3. The number of carbonyl (C=O) groups is 2. The van der Waals surface area contributed by atoms with Crippen molar-refractivity contribution in [3.63, 3.8) is 0 Å². The Hall–Kier alpha value is -2.80. The van der Waals surface area contributed by atoms with Crippen molar-refractivity contribution in [1.29, 1.82) is 0 Å². The highest BCUT2D eigenvalue weighted by Crippen LogP contribution is 2.28. The number of anilines is 1. The van der Waals surface area contributed by atoms with Gasteiger partial charge in [-0.2, -0.15) is 0 Å². The third kappa shape index (κ3) is 4.43. The minimum Gasteiger partial charge on any atom is -0.496 e. The fourth-order valence-corrected chi connectivity index (χ4v) is 3.02. The number of hydrogen-bond acceptors (Lipinski definition) is 5. The summed E-state index contributed by atoms with van der Waals surface area (Å²) >= 11 is 0. The second kappa shape index (κ2) is 8.53. The number of nitrogens with two attached hydrogens (primary N) is 2. The normalized spacial score (nSPS) is 17.3. The van der Waals surface area contributed by atoms with Crippen LogP contribution in [0.15, 0.2) is 36.4 Å². The van der Waals surface area contributed by atoms with E-state index in [-0.39, 0.29) is 5.91 Å². The number of amides is 1. The molecule has 3 rings (SSSR count). The molecule has 7 nitrogen and oxygen atoms in total. The van der Waals surface area contributed by atoms with Crippen LogP contribution in [0.2, 0.25) is 0 Å². The molecule has 0 aliphatic carbocycles. The summed E-state index contributed by atoms with van der Waals surface area (Å²) in [6.07, 6.45) is 1.28. The van der Waals surface area contributed by atoms with Gasteiger partial charge in [-0.3, -0.25) is 4.79 Å². The Morgan fingerprint density at radius 2 is 2.00 bits per heavy atom. The number of fused-ring (bicyclic) bond motifs is 1. The summed E-state index contributed by atoms with van der Waals surface area (Å²) in [4.78, 5) is 23.5. The summed E-state index contributed by atoms with van der Waals surface area (Å²) in [5.74, 6) is -0.382. The first-order valence-corrected chi connectivity index (χ1v) is 8.46. The molecule has 26 heavy (non-hydrogen) atoms. The van der Waals surface area contributed by atoms with Gasteiger partial charge in [-0.05, 0) is 31.2 Å². The molecule has 1 fully saturated rings.